The van der Waals surface area contributed by atoms with E-state index in [9.17, 15) is 9.59 Å². The van der Waals surface area contributed by atoms with Crippen molar-refractivity contribution >= 4 is 66.8 Å². The van der Waals surface area contributed by atoms with Crippen LogP contribution in [0.2, 0.25) is 0 Å². The van der Waals surface area contributed by atoms with E-state index in [1.54, 1.807) is 30.4 Å². The fourth-order valence-corrected chi connectivity index (χ4v) is 6.22. The monoisotopic (exact) mass is 513 g/mol. The minimum atomic E-state index is -1.09. The zero-order valence-electron chi connectivity index (χ0n) is 19.1. The molecule has 4 aromatic rings. The van der Waals surface area contributed by atoms with Crippen LogP contribution in [0.3, 0.4) is 0 Å². The van der Waals surface area contributed by atoms with Crippen molar-refractivity contribution in [3.05, 3.63) is 28.9 Å². The van der Waals surface area contributed by atoms with Crippen LogP contribution < -0.4 is 15.4 Å². The minimum absolute atomic E-state index is 0.0286. The van der Waals surface area contributed by atoms with Gasteiger partial charge in [0.25, 0.3) is 0 Å². The molecule has 1 aliphatic carbocycles. The lowest BCUT2D eigenvalue weighted by Crippen LogP contribution is -2.40. The Kier molecular flexibility index (Phi) is 6.34. The molecule has 182 valence electrons. The number of anilines is 2. The molecule has 1 aliphatic rings. The Bertz CT molecular complexity index is 1420. The summed E-state index contributed by atoms with van der Waals surface area (Å²) in [5, 5.41) is 19.5. The molecule has 2 amide bonds. The van der Waals surface area contributed by atoms with Crippen molar-refractivity contribution in [3.8, 4) is 5.75 Å². The van der Waals surface area contributed by atoms with Gasteiger partial charge in [0.05, 0.1) is 22.9 Å². The Morgan fingerprint density at radius 2 is 2.17 bits per heavy atom. The number of amides is 2. The predicted molar refractivity (Wildman–Crippen MR) is 134 cm³/mol. The summed E-state index contributed by atoms with van der Waals surface area (Å²) in [5.41, 5.74) is 2.72. The summed E-state index contributed by atoms with van der Waals surface area (Å²) in [5.74, 6) is 1.23. The number of carboxylic acid groups (broad SMARTS) is 1. The number of benzene rings is 1. The third-order valence-electron chi connectivity index (χ3n) is 6.12. The first-order valence-corrected chi connectivity index (χ1v) is 12.6. The van der Waals surface area contributed by atoms with E-state index in [1.807, 2.05) is 12.1 Å². The number of hydrogen-bond acceptors (Lipinski definition) is 10. The van der Waals surface area contributed by atoms with Gasteiger partial charge in [0, 0.05) is 37.0 Å². The number of thiophene rings is 1. The van der Waals surface area contributed by atoms with Crippen LogP contribution in [-0.2, 0) is 17.6 Å². The van der Waals surface area contributed by atoms with Gasteiger partial charge in [-0.2, -0.15) is 0 Å². The van der Waals surface area contributed by atoms with Crippen molar-refractivity contribution in [2.24, 2.45) is 5.92 Å². The van der Waals surface area contributed by atoms with E-state index in [0.29, 0.717) is 31.0 Å². The fraction of sp³-hybridized carbons (Fsp3) is 0.364. The number of methoxy groups -OCH3 is 1. The first-order chi connectivity index (χ1) is 16.9. The zero-order chi connectivity index (χ0) is 24.5. The van der Waals surface area contributed by atoms with Gasteiger partial charge in [-0.3, -0.25) is 4.79 Å². The Labute approximate surface area is 208 Å². The number of nitrogens with one attached hydrogen (secondary N) is 2. The van der Waals surface area contributed by atoms with E-state index in [0.717, 1.165) is 37.4 Å². The molecule has 1 aromatic carbocycles. The largest absolute Gasteiger partial charge is 0.494 e. The highest BCUT2D eigenvalue weighted by atomic mass is 32.1. The summed E-state index contributed by atoms with van der Waals surface area (Å²) < 4.78 is 10.5. The average molecular weight is 514 g/mol. The van der Waals surface area contributed by atoms with Crippen LogP contribution in [0.1, 0.15) is 16.9 Å². The first-order valence-electron chi connectivity index (χ1n) is 11.0. The Hall–Kier alpha value is -3.58. The lowest BCUT2D eigenvalue weighted by Gasteiger charge is -2.26. The molecule has 0 aliphatic heterocycles. The molecule has 0 bridgehead atoms. The SMILES string of the molecule is COc1cc2nnsc2cc1Nc1ncnc2sc3c(c12)CC[C@H](C(=O)N(C)CCNC(=O)O)C3. The molecule has 0 saturated heterocycles. The highest BCUT2D eigenvalue weighted by Crippen LogP contribution is 2.42. The third kappa shape index (κ3) is 4.56. The molecule has 11 nitrogen and oxygen atoms in total. The van der Waals surface area contributed by atoms with Crippen molar-refractivity contribution in [2.45, 2.75) is 19.3 Å². The second-order valence-corrected chi connectivity index (χ2v) is 10.1. The average Bonchev–Trinajstić information content (AvgIpc) is 3.46. The quantitative estimate of drug-likeness (QED) is 0.339. The normalized spacial score (nSPS) is 15.1. The van der Waals surface area contributed by atoms with E-state index >= 15 is 0 Å². The number of nitrogens with zero attached hydrogens (tertiary/aromatic N) is 5. The number of aromatic nitrogens is 4. The van der Waals surface area contributed by atoms with E-state index < -0.39 is 6.09 Å². The minimum Gasteiger partial charge on any atom is -0.494 e. The van der Waals surface area contributed by atoms with E-state index in [4.69, 9.17) is 9.84 Å². The van der Waals surface area contributed by atoms with Crippen LogP contribution in [0.25, 0.3) is 20.4 Å². The number of likely N-dealkylation sites (N-methyl/N-ethyl adjacent to an activating group) is 1. The van der Waals surface area contributed by atoms with E-state index in [2.05, 4.69) is 30.2 Å². The summed E-state index contributed by atoms with van der Waals surface area (Å²) in [7, 11) is 3.32. The number of hydrogen-bond donors (Lipinski definition) is 3. The second-order valence-electron chi connectivity index (χ2n) is 8.26. The summed E-state index contributed by atoms with van der Waals surface area (Å²) >= 11 is 2.91. The molecule has 3 aromatic heterocycles. The molecule has 35 heavy (non-hydrogen) atoms. The second kappa shape index (κ2) is 9.58. The molecule has 0 unspecified atom stereocenters. The topological polar surface area (TPSA) is 142 Å². The molecule has 1 atom stereocenters. The molecule has 5 rings (SSSR count). The van der Waals surface area contributed by atoms with Crippen molar-refractivity contribution < 1.29 is 19.4 Å². The maximum Gasteiger partial charge on any atom is 0.404 e. The van der Waals surface area contributed by atoms with Gasteiger partial charge in [-0.1, -0.05) is 4.49 Å². The zero-order valence-corrected chi connectivity index (χ0v) is 20.7. The predicted octanol–water partition coefficient (Wildman–Crippen LogP) is 3.28. The highest BCUT2D eigenvalue weighted by molar-refractivity contribution is 7.19. The molecule has 0 spiro atoms. The number of aryl methyl sites for hydroxylation is 1. The Balaban J connectivity index is 1.39. The maximum absolute atomic E-state index is 13.0. The van der Waals surface area contributed by atoms with Crippen molar-refractivity contribution in [2.75, 3.05) is 32.6 Å². The molecular formula is C22H23N7O4S2. The number of carbonyl (C=O) groups excluding carboxylic acids is 1. The Morgan fingerprint density at radius 3 is 2.97 bits per heavy atom. The lowest BCUT2D eigenvalue weighted by atomic mass is 9.87. The van der Waals surface area contributed by atoms with Crippen LogP contribution in [0, 0.1) is 5.92 Å². The van der Waals surface area contributed by atoms with E-state index in [1.165, 1.54) is 23.4 Å². The van der Waals surface area contributed by atoms with Gasteiger partial charge in [-0.15, -0.1) is 16.4 Å². The molecule has 0 radical (unpaired) electrons. The summed E-state index contributed by atoms with van der Waals surface area (Å²) in [4.78, 5) is 36.2. The summed E-state index contributed by atoms with van der Waals surface area (Å²) in [6.45, 7) is 0.539. The van der Waals surface area contributed by atoms with Crippen molar-refractivity contribution in [3.63, 3.8) is 0 Å². The van der Waals surface area contributed by atoms with E-state index in [-0.39, 0.29) is 18.4 Å². The van der Waals surface area contributed by atoms with Crippen LogP contribution in [0.15, 0.2) is 18.5 Å². The molecular weight excluding hydrogens is 490 g/mol. The van der Waals surface area contributed by atoms with Crippen molar-refractivity contribution in [1.29, 1.82) is 0 Å². The summed E-state index contributed by atoms with van der Waals surface area (Å²) in [6, 6.07) is 3.80. The number of ether oxygens (including phenoxy) is 1. The van der Waals surface area contributed by atoms with Gasteiger partial charge >= 0.3 is 6.09 Å². The lowest BCUT2D eigenvalue weighted by molar-refractivity contribution is -0.134. The van der Waals surface area contributed by atoms with Crippen molar-refractivity contribution in [1.82, 2.24) is 29.8 Å². The maximum atomic E-state index is 13.0. The van der Waals surface area contributed by atoms with Crippen LogP contribution >= 0.6 is 22.9 Å². The molecule has 3 N–H and O–H groups in total. The standard InChI is InChI=1S/C22H23N7O4S2/c1-29(6-5-23-22(31)32)21(30)11-3-4-12-16(7-11)34-20-18(12)19(24-10-25-20)26-13-9-17-14(27-28-35-17)8-15(13)33-2/h8-11,23H,3-7H2,1-2H3,(H,31,32)(H,24,25,26)/t11-/m0/s1. The van der Waals surface area contributed by atoms with Gasteiger partial charge in [0.15, 0.2) is 0 Å². The van der Waals surface area contributed by atoms with Crippen LogP contribution in [-0.4, -0.2) is 68.8 Å². The molecule has 3 heterocycles. The molecule has 0 fully saturated rings. The Morgan fingerprint density at radius 1 is 1.31 bits per heavy atom. The van der Waals surface area contributed by atoms with Gasteiger partial charge in [-0.25, -0.2) is 14.8 Å². The van der Waals surface area contributed by atoms with Gasteiger partial charge in [0.1, 0.15) is 28.2 Å². The van der Waals surface area contributed by atoms with Crippen LogP contribution in [0.4, 0.5) is 16.3 Å². The van der Waals surface area contributed by atoms with Gasteiger partial charge in [-0.05, 0) is 42.4 Å². The summed E-state index contributed by atoms with van der Waals surface area (Å²) in [6.07, 6.45) is 2.53. The number of fused-ring (bicyclic) bond motifs is 4. The van der Waals surface area contributed by atoms with Crippen LogP contribution in [0.5, 0.6) is 5.75 Å². The van der Waals surface area contributed by atoms with Gasteiger partial charge in [0.2, 0.25) is 5.91 Å². The highest BCUT2D eigenvalue weighted by Gasteiger charge is 2.30. The first kappa shape index (κ1) is 23.2. The third-order valence-corrected chi connectivity index (χ3v) is 7.97. The molecule has 13 heteroatoms. The fourth-order valence-electron chi connectivity index (χ4n) is 4.37. The number of rotatable bonds is 7. The molecule has 0 saturated carbocycles. The smallest absolute Gasteiger partial charge is 0.404 e. The van der Waals surface area contributed by atoms with Gasteiger partial charge < -0.3 is 25.4 Å². The number of carbonyl (C=O) groups is 2.